The quantitative estimate of drug-likeness (QED) is 0.835. The maximum absolute atomic E-state index is 13.3. The van der Waals surface area contributed by atoms with Gasteiger partial charge in [0, 0.05) is 44.6 Å². The number of rotatable bonds is 3. The zero-order valence-corrected chi connectivity index (χ0v) is 14.6. The molecule has 0 unspecified atom stereocenters. The maximum atomic E-state index is 13.3. The molecule has 0 saturated carbocycles. The van der Waals surface area contributed by atoms with Crippen LogP contribution >= 0.6 is 0 Å². The van der Waals surface area contributed by atoms with E-state index >= 15 is 0 Å². The van der Waals surface area contributed by atoms with Crippen molar-refractivity contribution in [3.8, 4) is 0 Å². The molecule has 0 N–H and O–H groups in total. The third kappa shape index (κ3) is 3.82. The highest BCUT2D eigenvalue weighted by atomic mass is 19.3. The van der Waals surface area contributed by atoms with Crippen LogP contribution in [0.1, 0.15) is 44.8 Å². The minimum Gasteiger partial charge on any atom is -0.342 e. The van der Waals surface area contributed by atoms with Crippen molar-refractivity contribution >= 4 is 11.8 Å². The molecule has 1 aromatic rings. The lowest BCUT2D eigenvalue weighted by Gasteiger charge is -2.36. The van der Waals surface area contributed by atoms with Crippen molar-refractivity contribution in [1.29, 1.82) is 0 Å². The number of carbonyl (C=O) groups excluding carboxylic acids is 2. The second-order valence-electron chi connectivity index (χ2n) is 7.24. The number of likely N-dealkylation sites (tertiary alicyclic amines) is 1. The lowest BCUT2D eigenvalue weighted by Crippen LogP contribution is -2.46. The SMILES string of the molecule is CC(C)C(=O)N1Cc2ccnn2[C@@H](CC(=O)N2CCC(F)(F)CC2)C1. The van der Waals surface area contributed by atoms with Crippen molar-refractivity contribution in [2.45, 2.75) is 51.6 Å². The third-order valence-electron chi connectivity index (χ3n) is 4.95. The largest absolute Gasteiger partial charge is 0.342 e. The first-order chi connectivity index (χ1) is 11.8. The van der Waals surface area contributed by atoms with E-state index in [0.717, 1.165) is 5.69 Å². The fraction of sp³-hybridized carbons (Fsp3) is 0.706. The van der Waals surface area contributed by atoms with E-state index in [9.17, 15) is 18.4 Å². The summed E-state index contributed by atoms with van der Waals surface area (Å²) in [5.74, 6) is -2.89. The summed E-state index contributed by atoms with van der Waals surface area (Å²) in [5.41, 5.74) is 0.892. The molecule has 0 spiro atoms. The lowest BCUT2D eigenvalue weighted by atomic mass is 10.0. The minimum atomic E-state index is -2.67. The number of carbonyl (C=O) groups is 2. The van der Waals surface area contributed by atoms with Gasteiger partial charge < -0.3 is 9.80 Å². The van der Waals surface area contributed by atoms with Gasteiger partial charge in [-0.2, -0.15) is 5.10 Å². The number of amides is 2. The Balaban J connectivity index is 1.69. The number of piperidine rings is 1. The molecule has 1 saturated heterocycles. The van der Waals surface area contributed by atoms with Crippen LogP contribution < -0.4 is 0 Å². The highest BCUT2D eigenvalue weighted by molar-refractivity contribution is 5.79. The Morgan fingerprint density at radius 1 is 1.28 bits per heavy atom. The number of hydrogen-bond donors (Lipinski definition) is 0. The van der Waals surface area contributed by atoms with Crippen LogP contribution in [0.25, 0.3) is 0 Å². The molecule has 3 rings (SSSR count). The van der Waals surface area contributed by atoms with Gasteiger partial charge in [0.15, 0.2) is 0 Å². The molecule has 2 amide bonds. The van der Waals surface area contributed by atoms with E-state index in [4.69, 9.17) is 0 Å². The predicted molar refractivity (Wildman–Crippen MR) is 86.9 cm³/mol. The molecule has 1 fully saturated rings. The number of hydrogen-bond acceptors (Lipinski definition) is 3. The Morgan fingerprint density at radius 2 is 1.96 bits per heavy atom. The Labute approximate surface area is 145 Å². The summed E-state index contributed by atoms with van der Waals surface area (Å²) < 4.78 is 28.3. The normalized spacial score (nSPS) is 22.8. The number of fused-ring (bicyclic) bond motifs is 1. The number of nitrogens with zero attached hydrogens (tertiary/aromatic N) is 4. The summed E-state index contributed by atoms with van der Waals surface area (Å²) in [4.78, 5) is 28.2. The zero-order chi connectivity index (χ0) is 18.2. The number of halogens is 2. The Bertz CT molecular complexity index is 649. The molecule has 0 radical (unpaired) electrons. The molecule has 6 nitrogen and oxygen atoms in total. The van der Waals surface area contributed by atoms with Crippen molar-refractivity contribution < 1.29 is 18.4 Å². The monoisotopic (exact) mass is 354 g/mol. The highest BCUT2D eigenvalue weighted by Gasteiger charge is 2.37. The molecular formula is C17H24F2N4O2. The summed E-state index contributed by atoms with van der Waals surface area (Å²) in [5, 5.41) is 4.29. The van der Waals surface area contributed by atoms with Crippen LogP contribution in [0.5, 0.6) is 0 Å². The van der Waals surface area contributed by atoms with E-state index < -0.39 is 5.92 Å². The van der Waals surface area contributed by atoms with Crippen molar-refractivity contribution in [1.82, 2.24) is 19.6 Å². The van der Waals surface area contributed by atoms with E-state index in [2.05, 4.69) is 5.10 Å². The van der Waals surface area contributed by atoms with Gasteiger partial charge in [-0.25, -0.2) is 8.78 Å². The molecule has 2 aliphatic heterocycles. The number of alkyl halides is 2. The van der Waals surface area contributed by atoms with Crippen LogP contribution in [-0.4, -0.2) is 57.0 Å². The average molecular weight is 354 g/mol. The van der Waals surface area contributed by atoms with Gasteiger partial charge in [0.25, 0.3) is 5.92 Å². The van der Waals surface area contributed by atoms with Gasteiger partial charge in [-0.3, -0.25) is 14.3 Å². The summed E-state index contributed by atoms with van der Waals surface area (Å²) >= 11 is 0. The topological polar surface area (TPSA) is 58.4 Å². The van der Waals surface area contributed by atoms with Gasteiger partial charge in [-0.05, 0) is 6.07 Å². The van der Waals surface area contributed by atoms with Crippen LogP contribution in [-0.2, 0) is 16.1 Å². The van der Waals surface area contributed by atoms with Crippen LogP contribution in [0.4, 0.5) is 8.78 Å². The van der Waals surface area contributed by atoms with Gasteiger partial charge >= 0.3 is 0 Å². The van der Waals surface area contributed by atoms with Gasteiger partial charge in [-0.1, -0.05) is 13.8 Å². The number of aromatic nitrogens is 2. The molecule has 138 valence electrons. The Hall–Kier alpha value is -1.99. The van der Waals surface area contributed by atoms with Crippen molar-refractivity contribution in [2.24, 2.45) is 5.92 Å². The van der Waals surface area contributed by atoms with Crippen molar-refractivity contribution in [3.05, 3.63) is 18.0 Å². The summed E-state index contributed by atoms with van der Waals surface area (Å²) in [7, 11) is 0. The first-order valence-electron chi connectivity index (χ1n) is 8.73. The predicted octanol–water partition coefficient (Wildman–Crippen LogP) is 2.07. The molecule has 1 atom stereocenters. The van der Waals surface area contributed by atoms with E-state index in [1.807, 2.05) is 19.9 Å². The van der Waals surface area contributed by atoms with E-state index in [1.165, 1.54) is 4.90 Å². The fourth-order valence-electron chi connectivity index (χ4n) is 3.49. The van der Waals surface area contributed by atoms with E-state index in [1.54, 1.807) is 15.8 Å². The van der Waals surface area contributed by atoms with Crippen LogP contribution in [0.2, 0.25) is 0 Å². The summed E-state index contributed by atoms with van der Waals surface area (Å²) in [6, 6.07) is 1.59. The van der Waals surface area contributed by atoms with Crippen molar-refractivity contribution in [2.75, 3.05) is 19.6 Å². The molecule has 2 aliphatic rings. The van der Waals surface area contributed by atoms with Crippen LogP contribution in [0.3, 0.4) is 0 Å². The van der Waals surface area contributed by atoms with E-state index in [0.29, 0.717) is 13.1 Å². The lowest BCUT2D eigenvalue weighted by molar-refractivity contribution is -0.141. The first-order valence-corrected chi connectivity index (χ1v) is 8.73. The summed E-state index contributed by atoms with van der Waals surface area (Å²) in [6.07, 6.45) is 1.27. The minimum absolute atomic E-state index is 0.0440. The molecular weight excluding hydrogens is 330 g/mol. The molecule has 0 aliphatic carbocycles. The van der Waals surface area contributed by atoms with Crippen LogP contribution in [0.15, 0.2) is 12.3 Å². The van der Waals surface area contributed by atoms with Gasteiger partial charge in [-0.15, -0.1) is 0 Å². The van der Waals surface area contributed by atoms with Gasteiger partial charge in [0.2, 0.25) is 11.8 Å². The molecule has 8 heteroatoms. The van der Waals surface area contributed by atoms with Gasteiger partial charge in [0.05, 0.1) is 24.7 Å². The summed E-state index contributed by atoms with van der Waals surface area (Å²) in [6.45, 7) is 4.77. The second kappa shape index (κ2) is 6.72. The fourth-order valence-corrected chi connectivity index (χ4v) is 3.49. The Kier molecular flexibility index (Phi) is 4.79. The average Bonchev–Trinajstić information content (AvgIpc) is 3.02. The Morgan fingerprint density at radius 3 is 2.60 bits per heavy atom. The smallest absolute Gasteiger partial charge is 0.251 e. The van der Waals surface area contributed by atoms with Crippen molar-refractivity contribution in [3.63, 3.8) is 0 Å². The molecule has 25 heavy (non-hydrogen) atoms. The van der Waals surface area contributed by atoms with Gasteiger partial charge in [0.1, 0.15) is 0 Å². The standard InChI is InChI=1S/C17H24F2N4O2/c1-12(2)16(25)22-10-13-3-6-20-23(13)14(11-22)9-15(24)21-7-4-17(18,19)5-8-21/h3,6,12,14H,4-5,7-11H2,1-2H3/t14-/m0/s1. The maximum Gasteiger partial charge on any atom is 0.251 e. The molecule has 3 heterocycles. The first kappa shape index (κ1) is 17.8. The molecule has 1 aromatic heterocycles. The second-order valence-corrected chi connectivity index (χ2v) is 7.24. The van der Waals surface area contributed by atoms with Crippen LogP contribution in [0, 0.1) is 5.92 Å². The highest BCUT2D eigenvalue weighted by Crippen LogP contribution is 2.29. The molecule has 0 bridgehead atoms. The molecule has 0 aromatic carbocycles. The third-order valence-corrected chi connectivity index (χ3v) is 4.95. The zero-order valence-electron chi connectivity index (χ0n) is 14.6. The van der Waals surface area contributed by atoms with E-state index in [-0.39, 0.29) is 56.1 Å².